The number of carbonyl (C=O) groups excluding carboxylic acids is 3. The van der Waals surface area contributed by atoms with Crippen molar-refractivity contribution in [3.8, 4) is 0 Å². The number of allylic oxidation sites excluding steroid dienone is 3. The van der Waals surface area contributed by atoms with Gasteiger partial charge in [-0.1, -0.05) is 29.5 Å². The van der Waals surface area contributed by atoms with E-state index in [9.17, 15) is 28.5 Å². The summed E-state index contributed by atoms with van der Waals surface area (Å²) in [5.74, 6) is -1.49. The van der Waals surface area contributed by atoms with Crippen molar-refractivity contribution < 1.29 is 42.0 Å². The molecule has 1 N–H and O–H groups in total. The van der Waals surface area contributed by atoms with E-state index < -0.39 is 56.6 Å². The van der Waals surface area contributed by atoms with Crippen LogP contribution in [-0.2, 0) is 40.6 Å². The molecule has 15 heteroatoms. The van der Waals surface area contributed by atoms with E-state index in [-0.39, 0.29) is 42.3 Å². The van der Waals surface area contributed by atoms with E-state index in [0.717, 1.165) is 12.8 Å². The highest BCUT2D eigenvalue weighted by atomic mass is 32.2. The fourth-order valence-electron chi connectivity index (χ4n) is 5.73. The Labute approximate surface area is 282 Å². The number of amides is 1. The molecule has 0 radical (unpaired) electrons. The predicted molar refractivity (Wildman–Crippen MR) is 176 cm³/mol. The van der Waals surface area contributed by atoms with Crippen LogP contribution in [0.3, 0.4) is 0 Å². The standard InChI is InChI=1S/C32H38N2O10S3/c1-19-12-13-32(31(4,39)29(37)46-18-25-21(3)42-30(38)44-25)16-26(36)34(47(32)40)20(2)28-33-22(17-45-28)9-5-6-10-23(35)24(15-19)43-27-11-7-8-14-41-27/h5-6,9-10,15,17,20,24,27,39H,7-8,11-14,16,18H2,1-4H3/b9-5-,10-6-,19-15-/t20-,24-,27-,31+,32-,47?/m1/s1. The van der Waals surface area contributed by atoms with Gasteiger partial charge in [0.1, 0.15) is 38.2 Å². The van der Waals surface area contributed by atoms with Crippen molar-refractivity contribution in [3.05, 3.63) is 68.1 Å². The molecule has 0 aromatic carbocycles. The smallest absolute Gasteiger partial charge is 0.396 e. The summed E-state index contributed by atoms with van der Waals surface area (Å²) in [7, 11) is -2.18. The first kappa shape index (κ1) is 35.4. The maximum Gasteiger partial charge on any atom is 0.519 e. The number of rotatable bonds is 6. The minimum atomic E-state index is -2.27. The van der Waals surface area contributed by atoms with Gasteiger partial charge in [0.15, 0.2) is 17.8 Å². The summed E-state index contributed by atoms with van der Waals surface area (Å²) in [5.41, 5.74) is -1.01. The minimum Gasteiger partial charge on any atom is -0.396 e. The summed E-state index contributed by atoms with van der Waals surface area (Å²) >= 11 is 1.96. The summed E-state index contributed by atoms with van der Waals surface area (Å²) in [4.78, 5) is 56.9. The van der Waals surface area contributed by atoms with E-state index in [1.165, 1.54) is 35.6 Å². The zero-order valence-electron chi connectivity index (χ0n) is 26.6. The zero-order valence-corrected chi connectivity index (χ0v) is 29.0. The van der Waals surface area contributed by atoms with Crippen LogP contribution >= 0.6 is 23.1 Å². The first-order valence-electron chi connectivity index (χ1n) is 15.3. The Kier molecular flexibility index (Phi) is 11.0. The summed E-state index contributed by atoms with van der Waals surface area (Å²) in [6, 6.07) is -0.712. The SMILES string of the molecule is C/C1=C/[C@@H](O[C@@H]2CCCCO2)C(=O)/C=C\C=C/c2csc(n2)[C@@H](C)N2C(=O)C[C@@]([C@@](C)(O)C(=O)SCc3oc(=O)oc3C)(CC1)S2=O. The Balaban J connectivity index is 1.51. The van der Waals surface area contributed by atoms with E-state index in [0.29, 0.717) is 41.1 Å². The van der Waals surface area contributed by atoms with Crippen molar-refractivity contribution in [1.29, 1.82) is 0 Å². The quantitative estimate of drug-likeness (QED) is 0.412. The average molecular weight is 707 g/mol. The number of aliphatic hydroxyl groups is 1. The molecule has 3 aliphatic heterocycles. The second-order valence-electron chi connectivity index (χ2n) is 12.0. The second kappa shape index (κ2) is 14.7. The normalized spacial score (nSPS) is 31.1. The Hall–Kier alpha value is -2.95. The van der Waals surface area contributed by atoms with E-state index in [1.807, 2.05) is 0 Å². The molecule has 0 aliphatic carbocycles. The van der Waals surface area contributed by atoms with Gasteiger partial charge in [0.2, 0.25) is 11.0 Å². The van der Waals surface area contributed by atoms with E-state index in [4.69, 9.17) is 18.3 Å². The molecule has 5 heterocycles. The molecular formula is C32H38N2O10S3. The molecule has 2 aromatic heterocycles. The number of ether oxygens (including phenoxy) is 2. The van der Waals surface area contributed by atoms with Crippen molar-refractivity contribution in [1.82, 2.24) is 9.29 Å². The molecule has 0 saturated carbocycles. The molecule has 1 amide bonds. The van der Waals surface area contributed by atoms with Crippen LogP contribution in [0.1, 0.15) is 87.6 Å². The van der Waals surface area contributed by atoms with E-state index in [1.54, 1.807) is 43.5 Å². The fraction of sp³-hybridized carbons (Fsp3) is 0.531. The molecule has 3 aliphatic rings. The molecule has 4 bridgehead atoms. The number of ketones is 1. The first-order chi connectivity index (χ1) is 22.3. The third kappa shape index (κ3) is 7.55. The van der Waals surface area contributed by atoms with Gasteiger partial charge in [-0.25, -0.2) is 14.0 Å². The van der Waals surface area contributed by atoms with Crippen LogP contribution in [0.25, 0.3) is 6.08 Å². The molecule has 5 rings (SSSR count). The van der Waals surface area contributed by atoms with Gasteiger partial charge in [-0.2, -0.15) is 0 Å². The maximum absolute atomic E-state index is 14.5. The summed E-state index contributed by atoms with van der Waals surface area (Å²) in [6.07, 6.45) is 8.85. The number of hydrogen-bond donors (Lipinski definition) is 1. The Morgan fingerprint density at radius 1 is 1.23 bits per heavy atom. The summed E-state index contributed by atoms with van der Waals surface area (Å²) < 4.78 is 35.7. The highest BCUT2D eigenvalue weighted by Gasteiger charge is 2.64. The van der Waals surface area contributed by atoms with Crippen LogP contribution in [0.5, 0.6) is 0 Å². The number of fused-ring (bicyclic) bond motifs is 4. The number of carbonyl (C=O) groups is 3. The molecule has 6 atom stereocenters. The van der Waals surface area contributed by atoms with Gasteiger partial charge >= 0.3 is 5.82 Å². The van der Waals surface area contributed by atoms with Crippen molar-refractivity contribution in [2.45, 2.75) is 101 Å². The Bertz CT molecular complexity index is 1680. The van der Waals surface area contributed by atoms with E-state index in [2.05, 4.69) is 4.98 Å². The molecule has 47 heavy (non-hydrogen) atoms. The lowest BCUT2D eigenvalue weighted by Crippen LogP contribution is -2.58. The van der Waals surface area contributed by atoms with Gasteiger partial charge in [0.25, 0.3) is 0 Å². The third-order valence-corrected chi connectivity index (χ3v) is 13.0. The van der Waals surface area contributed by atoms with Crippen LogP contribution in [0.15, 0.2) is 48.9 Å². The zero-order chi connectivity index (χ0) is 33.9. The minimum absolute atomic E-state index is 0.0304. The molecule has 2 saturated heterocycles. The van der Waals surface area contributed by atoms with Crippen molar-refractivity contribution in [2.24, 2.45) is 0 Å². The number of nitrogens with zero attached hydrogens (tertiary/aromatic N) is 2. The fourth-order valence-corrected chi connectivity index (χ4v) is 9.66. The van der Waals surface area contributed by atoms with Crippen molar-refractivity contribution in [3.63, 3.8) is 0 Å². The number of aromatic nitrogens is 1. The lowest BCUT2D eigenvalue weighted by atomic mass is 9.81. The molecule has 2 fully saturated rings. The number of thioether (sulfide) groups is 1. The van der Waals surface area contributed by atoms with Crippen LogP contribution in [0.2, 0.25) is 0 Å². The van der Waals surface area contributed by atoms with Crippen molar-refractivity contribution >= 4 is 57.0 Å². The molecule has 0 spiro atoms. The molecule has 12 nitrogen and oxygen atoms in total. The van der Waals surface area contributed by atoms with Gasteiger partial charge in [0.05, 0.1) is 23.9 Å². The number of thiazole rings is 1. The Morgan fingerprint density at radius 2 is 2.00 bits per heavy atom. The van der Waals surface area contributed by atoms with Crippen LogP contribution in [0, 0.1) is 6.92 Å². The number of aryl methyl sites for hydroxylation is 1. The molecule has 1 unspecified atom stereocenters. The highest BCUT2D eigenvalue weighted by Crippen LogP contribution is 2.48. The largest absolute Gasteiger partial charge is 0.519 e. The average Bonchev–Trinajstić information content (AvgIpc) is 3.71. The van der Waals surface area contributed by atoms with Gasteiger partial charge in [-0.3, -0.25) is 18.7 Å². The molecule has 2 aromatic rings. The van der Waals surface area contributed by atoms with Crippen molar-refractivity contribution in [2.75, 3.05) is 6.61 Å². The van der Waals surface area contributed by atoms with Crippen LogP contribution in [0.4, 0.5) is 0 Å². The topological polar surface area (TPSA) is 166 Å². The lowest BCUT2D eigenvalue weighted by Gasteiger charge is -2.39. The first-order valence-corrected chi connectivity index (χ1v) is 18.3. The van der Waals surface area contributed by atoms with Gasteiger partial charge in [-0.05, 0) is 78.0 Å². The molecule has 254 valence electrons. The van der Waals surface area contributed by atoms with Gasteiger partial charge in [-0.15, -0.1) is 11.3 Å². The summed E-state index contributed by atoms with van der Waals surface area (Å²) in [6.45, 7) is 6.81. The highest BCUT2D eigenvalue weighted by molar-refractivity contribution is 8.13. The Morgan fingerprint density at radius 3 is 2.70 bits per heavy atom. The summed E-state index contributed by atoms with van der Waals surface area (Å²) in [5, 5.41) is 13.6. The van der Waals surface area contributed by atoms with E-state index >= 15 is 0 Å². The lowest BCUT2D eigenvalue weighted by molar-refractivity contribution is -0.181. The third-order valence-electron chi connectivity index (χ3n) is 8.61. The van der Waals surface area contributed by atoms with Gasteiger partial charge in [0, 0.05) is 12.0 Å². The predicted octanol–water partition coefficient (Wildman–Crippen LogP) is 4.69. The molecular weight excluding hydrogens is 669 g/mol. The van der Waals surface area contributed by atoms with Crippen LogP contribution < -0.4 is 5.82 Å². The number of hydrogen-bond acceptors (Lipinski definition) is 13. The van der Waals surface area contributed by atoms with Gasteiger partial charge < -0.3 is 23.4 Å². The maximum atomic E-state index is 14.5. The monoisotopic (exact) mass is 706 g/mol. The second-order valence-corrected chi connectivity index (χ2v) is 15.5. The van der Waals surface area contributed by atoms with Crippen LogP contribution in [-0.4, -0.2) is 64.8 Å².